The molecule has 0 spiro atoms. The quantitative estimate of drug-likeness (QED) is 0.848. The van der Waals surface area contributed by atoms with Crippen LogP contribution in [0.5, 0.6) is 0 Å². The van der Waals surface area contributed by atoms with E-state index in [4.69, 9.17) is 0 Å². The monoisotopic (exact) mass is 277 g/mol. The summed E-state index contributed by atoms with van der Waals surface area (Å²) in [5.41, 5.74) is 0.971. The normalized spacial score (nSPS) is 16.2. The third kappa shape index (κ3) is 3.89. The lowest BCUT2D eigenvalue weighted by molar-refractivity contribution is -0.134. The highest BCUT2D eigenvalue weighted by molar-refractivity contribution is 5.79. The molecule has 1 fully saturated rings. The fourth-order valence-corrected chi connectivity index (χ4v) is 2.60. The number of benzene rings is 1. The zero-order valence-electron chi connectivity index (χ0n) is 11.8. The summed E-state index contributed by atoms with van der Waals surface area (Å²) >= 11 is 0. The van der Waals surface area contributed by atoms with Crippen LogP contribution in [0, 0.1) is 11.7 Å². The van der Waals surface area contributed by atoms with E-state index in [1.165, 1.54) is 12.1 Å². The van der Waals surface area contributed by atoms with Crippen LogP contribution in [-0.4, -0.2) is 29.7 Å². The van der Waals surface area contributed by atoms with Gasteiger partial charge in [0.2, 0.25) is 5.91 Å². The van der Waals surface area contributed by atoms with E-state index in [-0.39, 0.29) is 23.4 Å². The first kappa shape index (κ1) is 14.7. The van der Waals surface area contributed by atoms with Crippen molar-refractivity contribution in [3.8, 4) is 0 Å². The Kier molecular flexibility index (Phi) is 4.88. The summed E-state index contributed by atoms with van der Waals surface area (Å²) in [5, 5.41) is 0. The minimum atomic E-state index is -0.258. The third-order valence-corrected chi connectivity index (χ3v) is 3.96. The van der Waals surface area contributed by atoms with Crippen molar-refractivity contribution in [3.05, 3.63) is 35.6 Å². The number of carbonyl (C=O) groups is 2. The Balaban J connectivity index is 1.78. The van der Waals surface area contributed by atoms with Crippen LogP contribution in [0.25, 0.3) is 0 Å². The second-order valence-electron chi connectivity index (χ2n) is 5.39. The number of nitrogens with zero attached hydrogens (tertiary/aromatic N) is 1. The summed E-state index contributed by atoms with van der Waals surface area (Å²) in [6, 6.07) is 6.26. The van der Waals surface area contributed by atoms with Crippen LogP contribution >= 0.6 is 0 Å². The number of ketones is 1. The first-order valence-electron chi connectivity index (χ1n) is 7.09. The molecule has 1 aliphatic heterocycles. The molecule has 0 aromatic heterocycles. The number of hydrogen-bond acceptors (Lipinski definition) is 2. The topological polar surface area (TPSA) is 37.4 Å². The van der Waals surface area contributed by atoms with E-state index in [1.54, 1.807) is 19.1 Å². The van der Waals surface area contributed by atoms with E-state index in [0.717, 1.165) is 18.4 Å². The number of amides is 1. The fraction of sp³-hybridized carbons (Fsp3) is 0.500. The minimum absolute atomic E-state index is 0.121. The molecule has 1 amide bonds. The van der Waals surface area contributed by atoms with E-state index in [9.17, 15) is 14.0 Å². The number of hydrogen-bond donors (Lipinski definition) is 0. The van der Waals surface area contributed by atoms with Gasteiger partial charge in [-0.25, -0.2) is 4.39 Å². The van der Waals surface area contributed by atoms with Gasteiger partial charge in [0.15, 0.2) is 0 Å². The molecule has 1 heterocycles. The maximum Gasteiger partial charge on any atom is 0.222 e. The lowest BCUT2D eigenvalue weighted by atomic mass is 9.93. The fourth-order valence-electron chi connectivity index (χ4n) is 2.60. The molecule has 4 heteroatoms. The Morgan fingerprint density at radius 1 is 1.20 bits per heavy atom. The lowest BCUT2D eigenvalue weighted by Gasteiger charge is -2.31. The summed E-state index contributed by atoms with van der Waals surface area (Å²) in [4.78, 5) is 25.2. The predicted molar refractivity (Wildman–Crippen MR) is 74.7 cm³/mol. The van der Waals surface area contributed by atoms with Crippen LogP contribution in [0.4, 0.5) is 4.39 Å². The van der Waals surface area contributed by atoms with Gasteiger partial charge in [-0.2, -0.15) is 0 Å². The molecule has 2 rings (SSSR count). The van der Waals surface area contributed by atoms with Crippen LogP contribution in [-0.2, 0) is 16.0 Å². The van der Waals surface area contributed by atoms with Crippen LogP contribution < -0.4 is 0 Å². The van der Waals surface area contributed by atoms with Gasteiger partial charge in [0.1, 0.15) is 11.6 Å². The van der Waals surface area contributed by atoms with E-state index in [0.29, 0.717) is 25.9 Å². The molecule has 1 aromatic carbocycles. The average Bonchev–Trinajstić information content (AvgIpc) is 2.46. The largest absolute Gasteiger partial charge is 0.343 e. The number of likely N-dealkylation sites (tertiary alicyclic amines) is 1. The predicted octanol–water partition coefficient (Wildman–Crippen LogP) is 2.59. The zero-order chi connectivity index (χ0) is 14.5. The van der Waals surface area contributed by atoms with Crippen molar-refractivity contribution in [1.29, 1.82) is 0 Å². The smallest absolute Gasteiger partial charge is 0.222 e. The average molecular weight is 277 g/mol. The molecule has 0 radical (unpaired) electrons. The maximum atomic E-state index is 12.8. The van der Waals surface area contributed by atoms with Crippen molar-refractivity contribution in [3.63, 3.8) is 0 Å². The summed E-state index contributed by atoms with van der Waals surface area (Å²) in [5.74, 6) is 0.210. The summed E-state index contributed by atoms with van der Waals surface area (Å²) in [6.07, 6.45) is 2.62. The second kappa shape index (κ2) is 6.64. The van der Waals surface area contributed by atoms with E-state index >= 15 is 0 Å². The molecule has 1 aromatic rings. The van der Waals surface area contributed by atoms with E-state index in [2.05, 4.69) is 0 Å². The van der Waals surface area contributed by atoms with Crippen molar-refractivity contribution >= 4 is 11.7 Å². The third-order valence-electron chi connectivity index (χ3n) is 3.96. The maximum absolute atomic E-state index is 12.8. The lowest BCUT2D eigenvalue weighted by Crippen LogP contribution is -2.40. The first-order chi connectivity index (χ1) is 9.56. The standard InChI is InChI=1S/C16H20FNO2/c1-12(19)14-8-10-18(11-9-14)16(20)7-4-13-2-5-15(17)6-3-13/h2-3,5-6,14H,4,7-11H2,1H3. The van der Waals surface area contributed by atoms with Crippen molar-refractivity contribution in [2.75, 3.05) is 13.1 Å². The first-order valence-corrected chi connectivity index (χ1v) is 7.09. The molecule has 3 nitrogen and oxygen atoms in total. The second-order valence-corrected chi connectivity index (χ2v) is 5.39. The van der Waals surface area contributed by atoms with Crippen LogP contribution in [0.15, 0.2) is 24.3 Å². The molecule has 1 aliphatic rings. The van der Waals surface area contributed by atoms with Gasteiger partial charge in [-0.15, -0.1) is 0 Å². The molecule has 0 aliphatic carbocycles. The molecule has 20 heavy (non-hydrogen) atoms. The zero-order valence-corrected chi connectivity index (χ0v) is 11.8. The number of aryl methyl sites for hydroxylation is 1. The van der Waals surface area contributed by atoms with Crippen LogP contribution in [0.1, 0.15) is 31.7 Å². The number of carbonyl (C=O) groups excluding carboxylic acids is 2. The Morgan fingerprint density at radius 3 is 2.35 bits per heavy atom. The van der Waals surface area contributed by atoms with E-state index in [1.807, 2.05) is 4.90 Å². The minimum Gasteiger partial charge on any atom is -0.343 e. The number of halogens is 1. The number of rotatable bonds is 4. The van der Waals surface area contributed by atoms with Gasteiger partial charge in [0.25, 0.3) is 0 Å². The summed E-state index contributed by atoms with van der Waals surface area (Å²) in [6.45, 7) is 2.97. The van der Waals surface area contributed by atoms with Crippen molar-refractivity contribution in [2.45, 2.75) is 32.6 Å². The molecule has 0 bridgehead atoms. The van der Waals surface area contributed by atoms with Crippen LogP contribution in [0.3, 0.4) is 0 Å². The molecular formula is C16H20FNO2. The van der Waals surface area contributed by atoms with Gasteiger partial charge in [0, 0.05) is 25.4 Å². The van der Waals surface area contributed by atoms with Gasteiger partial charge < -0.3 is 4.90 Å². The molecule has 1 saturated heterocycles. The van der Waals surface area contributed by atoms with Gasteiger partial charge in [-0.05, 0) is 43.9 Å². The molecule has 108 valence electrons. The van der Waals surface area contributed by atoms with Gasteiger partial charge >= 0.3 is 0 Å². The Labute approximate surface area is 118 Å². The SMILES string of the molecule is CC(=O)C1CCN(C(=O)CCc2ccc(F)cc2)CC1. The molecular weight excluding hydrogens is 257 g/mol. The molecule has 0 unspecified atom stereocenters. The Morgan fingerprint density at radius 2 is 1.80 bits per heavy atom. The van der Waals surface area contributed by atoms with Gasteiger partial charge in [-0.1, -0.05) is 12.1 Å². The molecule has 0 N–H and O–H groups in total. The van der Waals surface area contributed by atoms with Crippen molar-refractivity contribution in [2.24, 2.45) is 5.92 Å². The van der Waals surface area contributed by atoms with Crippen LogP contribution in [0.2, 0.25) is 0 Å². The molecule has 0 saturated carbocycles. The highest BCUT2D eigenvalue weighted by Crippen LogP contribution is 2.19. The Hall–Kier alpha value is -1.71. The number of piperidine rings is 1. The van der Waals surface area contributed by atoms with Crippen molar-refractivity contribution < 1.29 is 14.0 Å². The van der Waals surface area contributed by atoms with Gasteiger partial charge in [0.05, 0.1) is 0 Å². The summed E-state index contributed by atoms with van der Waals surface area (Å²) < 4.78 is 12.8. The highest BCUT2D eigenvalue weighted by Gasteiger charge is 2.24. The molecule has 0 atom stereocenters. The Bertz CT molecular complexity index is 476. The highest BCUT2D eigenvalue weighted by atomic mass is 19.1. The van der Waals surface area contributed by atoms with Crippen molar-refractivity contribution in [1.82, 2.24) is 4.90 Å². The van der Waals surface area contributed by atoms with E-state index < -0.39 is 0 Å². The van der Waals surface area contributed by atoms with Gasteiger partial charge in [-0.3, -0.25) is 9.59 Å². The number of Topliss-reactive ketones (excluding diaryl/α,β-unsaturated/α-hetero) is 1. The summed E-state index contributed by atoms with van der Waals surface area (Å²) in [7, 11) is 0.